The molecule has 0 radical (unpaired) electrons. The van der Waals surface area contributed by atoms with E-state index in [1.54, 1.807) is 6.20 Å². The third kappa shape index (κ3) is 4.43. The van der Waals surface area contributed by atoms with Gasteiger partial charge in [-0.15, -0.1) is 0 Å². The molecule has 0 amide bonds. The van der Waals surface area contributed by atoms with Crippen molar-refractivity contribution >= 4 is 22.7 Å². The zero-order chi connectivity index (χ0) is 22.1. The number of anilines is 2. The molecule has 0 unspecified atom stereocenters. The van der Waals surface area contributed by atoms with E-state index in [1.165, 1.54) is 12.1 Å². The summed E-state index contributed by atoms with van der Waals surface area (Å²) >= 11 is 0. The van der Waals surface area contributed by atoms with Crippen LogP contribution in [0.15, 0.2) is 30.5 Å². The number of ether oxygens (including phenoxy) is 2. The number of pyridine rings is 1. The molecule has 2 aliphatic heterocycles. The fourth-order valence-electron chi connectivity index (χ4n) is 4.15. The Labute approximate surface area is 184 Å². The Balaban J connectivity index is 1.35. The first-order chi connectivity index (χ1) is 15.5. The quantitative estimate of drug-likeness (QED) is 0.645. The van der Waals surface area contributed by atoms with Crippen molar-refractivity contribution in [3.8, 4) is 5.75 Å². The van der Waals surface area contributed by atoms with Gasteiger partial charge in [-0.3, -0.25) is 4.98 Å². The van der Waals surface area contributed by atoms with Crippen molar-refractivity contribution in [2.45, 2.75) is 38.3 Å². The van der Waals surface area contributed by atoms with Crippen LogP contribution < -0.4 is 15.0 Å². The Hall–Kier alpha value is -3.07. The average Bonchev–Trinajstić information content (AvgIpc) is 3.29. The molecule has 168 valence electrons. The highest BCUT2D eigenvalue weighted by atomic mass is 19.1. The molecular formula is C23H25F2N5O2. The highest BCUT2D eigenvalue weighted by Gasteiger charge is 2.26. The van der Waals surface area contributed by atoms with Crippen LogP contribution in [0.3, 0.4) is 0 Å². The molecule has 0 bridgehead atoms. The fourth-order valence-corrected chi connectivity index (χ4v) is 4.15. The van der Waals surface area contributed by atoms with E-state index in [2.05, 4.69) is 15.2 Å². The van der Waals surface area contributed by atoms with E-state index in [0.717, 1.165) is 47.5 Å². The van der Waals surface area contributed by atoms with E-state index in [9.17, 15) is 8.78 Å². The number of benzene rings is 1. The van der Waals surface area contributed by atoms with Crippen LogP contribution >= 0.6 is 0 Å². The number of fused-ring (bicyclic) bond motifs is 1. The molecule has 1 N–H and O–H groups in total. The predicted molar refractivity (Wildman–Crippen MR) is 117 cm³/mol. The fraction of sp³-hybridized carbons (Fsp3) is 0.435. The third-order valence-corrected chi connectivity index (χ3v) is 5.87. The summed E-state index contributed by atoms with van der Waals surface area (Å²) in [7, 11) is 0. The summed E-state index contributed by atoms with van der Waals surface area (Å²) in [6.07, 6.45) is 3.90. The van der Waals surface area contributed by atoms with Gasteiger partial charge in [0, 0.05) is 44.3 Å². The maximum atomic E-state index is 14.0. The maximum absolute atomic E-state index is 14.0. The topological polar surface area (TPSA) is 72.4 Å². The summed E-state index contributed by atoms with van der Waals surface area (Å²) in [5, 5.41) is 3.51. The Kier molecular flexibility index (Phi) is 5.73. The Morgan fingerprint density at radius 2 is 1.94 bits per heavy atom. The molecule has 0 spiro atoms. The van der Waals surface area contributed by atoms with Gasteiger partial charge in [-0.05, 0) is 31.5 Å². The van der Waals surface area contributed by atoms with Gasteiger partial charge in [-0.1, -0.05) is 0 Å². The molecule has 1 atom stereocenters. The Morgan fingerprint density at radius 3 is 2.69 bits per heavy atom. The molecule has 0 saturated carbocycles. The lowest BCUT2D eigenvalue weighted by atomic mass is 10.1. The summed E-state index contributed by atoms with van der Waals surface area (Å²) in [5.74, 6) is 0.308. The second kappa shape index (κ2) is 8.82. The summed E-state index contributed by atoms with van der Waals surface area (Å²) < 4.78 is 38.4. The standard InChI is InChI=1S/C23H25F2N5O2/c1-14-10-19-20(12-26-14)29-23(22(28-19)27-16-6-9-31-13-16)30-7-4-17(5-8-30)32-21-3-2-15(24)11-18(21)25/h2-3,10-12,16-17H,4-9,13H2,1H3,(H,27,28)/t16-/m0/s1. The third-order valence-electron chi connectivity index (χ3n) is 5.87. The SMILES string of the molecule is Cc1cc2nc(N[C@H]3CCOC3)c(N3CCC(Oc4ccc(F)cc4F)CC3)nc2cn1. The molecule has 9 heteroatoms. The molecule has 1 aromatic carbocycles. The van der Waals surface area contributed by atoms with Gasteiger partial charge in [0.1, 0.15) is 17.4 Å². The van der Waals surface area contributed by atoms with E-state index >= 15 is 0 Å². The van der Waals surface area contributed by atoms with Crippen LogP contribution in [-0.2, 0) is 4.74 Å². The lowest BCUT2D eigenvalue weighted by molar-refractivity contribution is 0.163. The Morgan fingerprint density at radius 1 is 1.09 bits per heavy atom. The molecule has 5 rings (SSSR count). The number of aryl methyl sites for hydroxylation is 1. The number of halogens is 2. The van der Waals surface area contributed by atoms with Crippen LogP contribution in [0.5, 0.6) is 5.75 Å². The first kappa shape index (κ1) is 20.8. The van der Waals surface area contributed by atoms with Crippen molar-refractivity contribution in [2.24, 2.45) is 0 Å². The van der Waals surface area contributed by atoms with Crippen LogP contribution in [0.4, 0.5) is 20.4 Å². The lowest BCUT2D eigenvalue weighted by Crippen LogP contribution is -2.39. The second-order valence-corrected chi connectivity index (χ2v) is 8.29. The summed E-state index contributed by atoms with van der Waals surface area (Å²) in [5.41, 5.74) is 2.43. The van der Waals surface area contributed by atoms with Crippen LogP contribution in [0, 0.1) is 18.6 Å². The van der Waals surface area contributed by atoms with Gasteiger partial charge in [0.2, 0.25) is 0 Å². The highest BCUT2D eigenvalue weighted by Crippen LogP contribution is 2.30. The molecule has 7 nitrogen and oxygen atoms in total. The summed E-state index contributed by atoms with van der Waals surface area (Å²) in [6.45, 7) is 4.68. The van der Waals surface area contributed by atoms with E-state index in [-0.39, 0.29) is 17.9 Å². The summed E-state index contributed by atoms with van der Waals surface area (Å²) in [4.78, 5) is 16.3. The number of nitrogens with one attached hydrogen (secondary N) is 1. The minimum atomic E-state index is -0.680. The normalized spacial score (nSPS) is 19.5. The average molecular weight is 441 g/mol. The number of rotatable bonds is 5. The number of hydrogen-bond donors (Lipinski definition) is 1. The molecule has 0 aliphatic carbocycles. The van der Waals surface area contributed by atoms with E-state index in [4.69, 9.17) is 19.4 Å². The molecule has 32 heavy (non-hydrogen) atoms. The van der Waals surface area contributed by atoms with Gasteiger partial charge in [0.15, 0.2) is 23.2 Å². The van der Waals surface area contributed by atoms with Gasteiger partial charge in [-0.2, -0.15) is 0 Å². The molecule has 2 saturated heterocycles. The van der Waals surface area contributed by atoms with Crippen molar-refractivity contribution in [2.75, 3.05) is 36.5 Å². The van der Waals surface area contributed by atoms with Gasteiger partial charge in [0.05, 0.1) is 24.4 Å². The van der Waals surface area contributed by atoms with Crippen molar-refractivity contribution < 1.29 is 18.3 Å². The van der Waals surface area contributed by atoms with Gasteiger partial charge < -0.3 is 19.7 Å². The van der Waals surface area contributed by atoms with E-state index in [0.29, 0.717) is 32.5 Å². The van der Waals surface area contributed by atoms with Crippen LogP contribution in [0.25, 0.3) is 11.0 Å². The predicted octanol–water partition coefficient (Wildman–Crippen LogP) is 3.86. The van der Waals surface area contributed by atoms with Gasteiger partial charge in [-0.25, -0.2) is 18.7 Å². The number of hydrogen-bond acceptors (Lipinski definition) is 7. The van der Waals surface area contributed by atoms with Crippen molar-refractivity contribution in [1.82, 2.24) is 15.0 Å². The van der Waals surface area contributed by atoms with Crippen molar-refractivity contribution in [1.29, 1.82) is 0 Å². The van der Waals surface area contributed by atoms with Crippen LogP contribution in [0.2, 0.25) is 0 Å². The van der Waals surface area contributed by atoms with E-state index < -0.39 is 11.6 Å². The number of aromatic nitrogens is 3. The van der Waals surface area contributed by atoms with Crippen molar-refractivity contribution in [3.05, 3.63) is 47.8 Å². The summed E-state index contributed by atoms with van der Waals surface area (Å²) in [6, 6.07) is 5.52. The minimum Gasteiger partial charge on any atom is -0.487 e. The number of nitrogens with zero attached hydrogens (tertiary/aromatic N) is 4. The van der Waals surface area contributed by atoms with Crippen LogP contribution in [0.1, 0.15) is 25.0 Å². The maximum Gasteiger partial charge on any atom is 0.172 e. The molecule has 3 aromatic rings. The second-order valence-electron chi connectivity index (χ2n) is 8.29. The van der Waals surface area contributed by atoms with Crippen molar-refractivity contribution in [3.63, 3.8) is 0 Å². The first-order valence-electron chi connectivity index (χ1n) is 10.9. The largest absolute Gasteiger partial charge is 0.487 e. The molecule has 2 aromatic heterocycles. The molecule has 4 heterocycles. The van der Waals surface area contributed by atoms with Crippen LogP contribution in [-0.4, -0.2) is 53.4 Å². The van der Waals surface area contributed by atoms with E-state index in [1.807, 2.05) is 13.0 Å². The lowest BCUT2D eigenvalue weighted by Gasteiger charge is -2.34. The smallest absolute Gasteiger partial charge is 0.172 e. The zero-order valence-electron chi connectivity index (χ0n) is 17.9. The first-order valence-corrected chi connectivity index (χ1v) is 10.9. The molecule has 2 aliphatic rings. The minimum absolute atomic E-state index is 0.0837. The van der Waals surface area contributed by atoms with Gasteiger partial charge in [0.25, 0.3) is 0 Å². The highest BCUT2D eigenvalue weighted by molar-refractivity contribution is 5.80. The van der Waals surface area contributed by atoms with Gasteiger partial charge >= 0.3 is 0 Å². The number of piperidine rings is 1. The Bertz CT molecular complexity index is 1110. The molecule has 2 fully saturated rings. The monoisotopic (exact) mass is 441 g/mol. The zero-order valence-corrected chi connectivity index (χ0v) is 17.9. The molecular weight excluding hydrogens is 416 g/mol.